The molecule has 0 atom stereocenters. The van der Waals surface area contributed by atoms with Crippen molar-refractivity contribution in [2.24, 2.45) is 12.0 Å². The highest BCUT2D eigenvalue weighted by atomic mass is 127. The van der Waals surface area contributed by atoms with Crippen molar-refractivity contribution in [1.82, 2.24) is 20.4 Å². The summed E-state index contributed by atoms with van der Waals surface area (Å²) in [5, 5.41) is 10.7. The number of ether oxygens (including phenoxy) is 1. The molecule has 0 bridgehead atoms. The summed E-state index contributed by atoms with van der Waals surface area (Å²) in [6.07, 6.45) is -1.37. The number of alkyl halides is 3. The zero-order valence-corrected chi connectivity index (χ0v) is 20.0. The fourth-order valence-electron chi connectivity index (χ4n) is 3.67. The molecular formula is C21H29F3IN5O. The van der Waals surface area contributed by atoms with Crippen LogP contribution in [0.25, 0.3) is 0 Å². The van der Waals surface area contributed by atoms with Gasteiger partial charge in [0.2, 0.25) is 0 Å². The molecular weight excluding hydrogens is 522 g/mol. The highest BCUT2D eigenvalue weighted by Crippen LogP contribution is 2.37. The topological polar surface area (TPSA) is 63.5 Å². The van der Waals surface area contributed by atoms with E-state index in [1.54, 1.807) is 16.9 Å². The van der Waals surface area contributed by atoms with Crippen molar-refractivity contribution < 1.29 is 17.9 Å². The van der Waals surface area contributed by atoms with E-state index < -0.39 is 17.2 Å². The number of hydrogen-bond acceptors (Lipinski definition) is 3. The first-order valence-corrected chi connectivity index (χ1v) is 10.1. The summed E-state index contributed by atoms with van der Waals surface area (Å²) < 4.78 is 47.1. The van der Waals surface area contributed by atoms with Crippen LogP contribution < -0.4 is 10.6 Å². The van der Waals surface area contributed by atoms with Crippen molar-refractivity contribution >= 4 is 29.9 Å². The molecule has 1 aromatic carbocycles. The molecule has 0 aliphatic carbocycles. The number of aryl methyl sites for hydroxylation is 1. The first kappa shape index (κ1) is 25.4. The maximum absolute atomic E-state index is 13.3. The minimum Gasteiger partial charge on any atom is -0.381 e. The number of guanidine groups is 1. The van der Waals surface area contributed by atoms with Gasteiger partial charge in [-0.1, -0.05) is 18.2 Å². The van der Waals surface area contributed by atoms with Crippen LogP contribution in [0.4, 0.5) is 13.2 Å². The molecule has 1 aromatic heterocycles. The first-order chi connectivity index (χ1) is 14.3. The SMILES string of the molecule is CCNC(=NCc1ccnn1C)NCC1(c2cccc(C(F)(F)F)c2)CCOCC1.I. The standard InChI is InChI=1S/C21H28F3N5O.HI/c1-3-25-19(26-14-18-7-10-28-29(18)2)27-15-20(8-11-30-12-9-20)16-5-4-6-17(13-16)21(22,23)24;/h4-7,10,13H,3,8-9,11-12,14-15H2,1-2H3,(H2,25,26,27);1H. The van der Waals surface area contributed by atoms with E-state index in [-0.39, 0.29) is 24.0 Å². The predicted molar refractivity (Wildman–Crippen MR) is 125 cm³/mol. The molecule has 1 saturated heterocycles. The highest BCUT2D eigenvalue weighted by molar-refractivity contribution is 14.0. The molecule has 2 aromatic rings. The van der Waals surface area contributed by atoms with Crippen molar-refractivity contribution in [2.45, 2.75) is 37.9 Å². The Balaban J connectivity index is 0.00000341. The second-order valence-corrected chi connectivity index (χ2v) is 7.47. The van der Waals surface area contributed by atoms with Gasteiger partial charge in [-0.3, -0.25) is 4.68 Å². The van der Waals surface area contributed by atoms with Crippen LogP contribution in [0.5, 0.6) is 0 Å². The Morgan fingerprint density at radius 3 is 2.58 bits per heavy atom. The second kappa shape index (κ2) is 11.2. The molecule has 3 rings (SSSR count). The summed E-state index contributed by atoms with van der Waals surface area (Å²) in [5.41, 5.74) is 0.562. The summed E-state index contributed by atoms with van der Waals surface area (Å²) in [6, 6.07) is 7.55. The fourth-order valence-corrected chi connectivity index (χ4v) is 3.67. The van der Waals surface area contributed by atoms with Gasteiger partial charge in [0, 0.05) is 45.0 Å². The third kappa shape index (κ3) is 6.58. The molecule has 1 fully saturated rings. The number of halogens is 4. The zero-order valence-electron chi connectivity index (χ0n) is 17.7. The van der Waals surface area contributed by atoms with Crippen molar-refractivity contribution in [3.63, 3.8) is 0 Å². The van der Waals surface area contributed by atoms with Crippen molar-refractivity contribution in [3.8, 4) is 0 Å². The lowest BCUT2D eigenvalue weighted by Crippen LogP contribution is -2.48. The van der Waals surface area contributed by atoms with Gasteiger partial charge in [-0.05, 0) is 37.5 Å². The Hall–Kier alpha value is -1.82. The molecule has 0 saturated carbocycles. The number of hydrogen-bond donors (Lipinski definition) is 2. The molecule has 0 unspecified atom stereocenters. The van der Waals surface area contributed by atoms with E-state index in [1.165, 1.54) is 12.1 Å². The summed E-state index contributed by atoms with van der Waals surface area (Å²) in [6.45, 7) is 4.59. The zero-order chi connectivity index (χ0) is 21.6. The highest BCUT2D eigenvalue weighted by Gasteiger charge is 2.37. The first-order valence-electron chi connectivity index (χ1n) is 10.1. The fraction of sp³-hybridized carbons (Fsp3) is 0.524. The van der Waals surface area contributed by atoms with Crippen molar-refractivity contribution in [2.75, 3.05) is 26.3 Å². The third-order valence-corrected chi connectivity index (χ3v) is 5.51. The van der Waals surface area contributed by atoms with Crippen LogP contribution in [0.2, 0.25) is 0 Å². The van der Waals surface area contributed by atoms with Gasteiger partial charge in [-0.25, -0.2) is 4.99 Å². The van der Waals surface area contributed by atoms with E-state index in [1.807, 2.05) is 20.0 Å². The number of rotatable bonds is 6. The predicted octanol–water partition coefficient (Wildman–Crippen LogP) is 3.86. The molecule has 1 aliphatic rings. The van der Waals surface area contributed by atoms with Crippen molar-refractivity contribution in [1.29, 1.82) is 0 Å². The van der Waals surface area contributed by atoms with Gasteiger partial charge in [-0.15, -0.1) is 24.0 Å². The van der Waals surface area contributed by atoms with Gasteiger partial charge in [-0.2, -0.15) is 18.3 Å². The molecule has 0 spiro atoms. The van der Waals surface area contributed by atoms with Crippen LogP contribution >= 0.6 is 24.0 Å². The lowest BCUT2D eigenvalue weighted by Gasteiger charge is -2.38. The smallest absolute Gasteiger partial charge is 0.381 e. The Bertz CT molecular complexity index is 863. The van der Waals surface area contributed by atoms with Gasteiger partial charge in [0.1, 0.15) is 0 Å². The molecule has 172 valence electrons. The Morgan fingerprint density at radius 1 is 1.23 bits per heavy atom. The quantitative estimate of drug-likeness (QED) is 0.325. The summed E-state index contributed by atoms with van der Waals surface area (Å²) >= 11 is 0. The van der Waals surface area contributed by atoms with E-state index in [2.05, 4.69) is 20.7 Å². The minimum absolute atomic E-state index is 0. The van der Waals surface area contributed by atoms with E-state index in [0.29, 0.717) is 57.2 Å². The molecule has 2 heterocycles. The van der Waals surface area contributed by atoms with Gasteiger partial charge in [0.25, 0.3) is 0 Å². The van der Waals surface area contributed by atoms with Gasteiger partial charge < -0.3 is 15.4 Å². The number of aromatic nitrogens is 2. The van der Waals surface area contributed by atoms with E-state index >= 15 is 0 Å². The van der Waals surface area contributed by atoms with Crippen LogP contribution in [-0.4, -0.2) is 42.0 Å². The average molecular weight is 551 g/mol. The third-order valence-electron chi connectivity index (χ3n) is 5.51. The van der Waals surface area contributed by atoms with Crippen LogP contribution in [-0.2, 0) is 29.9 Å². The summed E-state index contributed by atoms with van der Waals surface area (Å²) in [7, 11) is 1.86. The molecule has 6 nitrogen and oxygen atoms in total. The lowest BCUT2D eigenvalue weighted by molar-refractivity contribution is -0.137. The Morgan fingerprint density at radius 2 is 1.97 bits per heavy atom. The monoisotopic (exact) mass is 551 g/mol. The Labute approximate surface area is 197 Å². The van der Waals surface area contributed by atoms with Gasteiger partial charge in [0.05, 0.1) is 17.8 Å². The van der Waals surface area contributed by atoms with Crippen LogP contribution in [0.1, 0.15) is 36.6 Å². The maximum Gasteiger partial charge on any atom is 0.416 e. The molecule has 0 radical (unpaired) electrons. The van der Waals surface area contributed by atoms with Crippen LogP contribution in [0, 0.1) is 0 Å². The van der Waals surface area contributed by atoms with Gasteiger partial charge >= 0.3 is 6.18 Å². The maximum atomic E-state index is 13.3. The minimum atomic E-state index is -4.37. The average Bonchev–Trinajstić information content (AvgIpc) is 3.15. The molecule has 0 amide bonds. The van der Waals surface area contributed by atoms with Gasteiger partial charge in [0.15, 0.2) is 5.96 Å². The number of benzene rings is 1. The molecule has 10 heteroatoms. The lowest BCUT2D eigenvalue weighted by atomic mass is 9.73. The van der Waals surface area contributed by atoms with Crippen molar-refractivity contribution in [3.05, 3.63) is 53.3 Å². The number of aliphatic imine (C=N–C) groups is 1. The molecule has 2 N–H and O–H groups in total. The normalized spacial score (nSPS) is 16.5. The van der Waals surface area contributed by atoms with E-state index in [9.17, 15) is 13.2 Å². The Kier molecular flexibility index (Phi) is 9.16. The number of nitrogens with zero attached hydrogens (tertiary/aromatic N) is 3. The van der Waals surface area contributed by atoms with E-state index in [0.717, 1.165) is 11.8 Å². The molecule has 1 aliphatic heterocycles. The number of nitrogens with one attached hydrogen (secondary N) is 2. The van der Waals surface area contributed by atoms with Crippen LogP contribution in [0.3, 0.4) is 0 Å². The second-order valence-electron chi connectivity index (χ2n) is 7.47. The largest absolute Gasteiger partial charge is 0.416 e. The van der Waals surface area contributed by atoms with Crippen LogP contribution in [0.15, 0.2) is 41.5 Å². The summed E-state index contributed by atoms with van der Waals surface area (Å²) in [4.78, 5) is 4.61. The summed E-state index contributed by atoms with van der Waals surface area (Å²) in [5.74, 6) is 0.622. The molecule has 31 heavy (non-hydrogen) atoms. The van der Waals surface area contributed by atoms with E-state index in [4.69, 9.17) is 4.74 Å².